The number of aryl methyl sites for hydroxylation is 2. The molecule has 3 nitrogen and oxygen atoms in total. The molecule has 1 aliphatic rings. The Morgan fingerprint density at radius 1 is 1.36 bits per heavy atom. The van der Waals surface area contributed by atoms with Crippen LogP contribution in [0.15, 0.2) is 4.42 Å². The van der Waals surface area contributed by atoms with Crippen LogP contribution in [0.3, 0.4) is 0 Å². The van der Waals surface area contributed by atoms with Gasteiger partial charge in [-0.05, 0) is 33.2 Å². The molecule has 0 bridgehead atoms. The minimum absolute atomic E-state index is 0.358. The quantitative estimate of drug-likeness (QED) is 0.721. The maximum Gasteiger partial charge on any atom is 0.160 e. The zero-order valence-corrected chi connectivity index (χ0v) is 8.76. The molecule has 1 atom stereocenters. The topological polar surface area (TPSA) is 45.4 Å². The van der Waals surface area contributed by atoms with E-state index in [0.29, 0.717) is 17.4 Å². The summed E-state index contributed by atoms with van der Waals surface area (Å²) in [5, 5.41) is 13.2. The van der Waals surface area contributed by atoms with E-state index < -0.39 is 0 Å². The van der Waals surface area contributed by atoms with Crippen LogP contribution in [0.4, 0.5) is 0 Å². The van der Waals surface area contributed by atoms with Crippen molar-refractivity contribution >= 4 is 0 Å². The smallest absolute Gasteiger partial charge is 0.160 e. The zero-order valence-electron chi connectivity index (χ0n) is 8.76. The fraction of sp³-hybridized carbons (Fsp3) is 0.636. The second-order valence-corrected chi connectivity index (χ2v) is 4.02. The molecule has 78 valence electrons. The molecule has 0 radical (unpaired) electrons. The molecule has 2 rings (SSSR count). The molecule has 1 aromatic rings. The molecule has 2 heterocycles. The van der Waals surface area contributed by atoms with E-state index in [0.717, 1.165) is 30.8 Å². The van der Waals surface area contributed by atoms with Gasteiger partial charge in [0.15, 0.2) is 5.75 Å². The zero-order chi connectivity index (χ0) is 10.1. The van der Waals surface area contributed by atoms with Crippen LogP contribution in [-0.4, -0.2) is 18.2 Å². The maximum atomic E-state index is 9.85. The van der Waals surface area contributed by atoms with Gasteiger partial charge in [0.25, 0.3) is 0 Å². The SMILES string of the molecule is Cc1oc(C)c(C2CCCNC2)c1O. The normalized spacial score (nSPS) is 22.6. The molecule has 0 aliphatic carbocycles. The average Bonchev–Trinajstić information content (AvgIpc) is 2.43. The molecule has 1 fully saturated rings. The Hall–Kier alpha value is -0.960. The number of furan rings is 1. The monoisotopic (exact) mass is 195 g/mol. The first kappa shape index (κ1) is 9.59. The summed E-state index contributed by atoms with van der Waals surface area (Å²) in [6.07, 6.45) is 2.31. The standard InChI is InChI=1S/C11H17NO2/c1-7-10(11(13)8(2)14-7)9-4-3-5-12-6-9/h9,12-13H,3-6H2,1-2H3. The number of hydrogen-bond donors (Lipinski definition) is 2. The van der Waals surface area contributed by atoms with E-state index in [9.17, 15) is 5.11 Å². The summed E-state index contributed by atoms with van der Waals surface area (Å²) < 4.78 is 5.42. The van der Waals surface area contributed by atoms with Crippen LogP contribution >= 0.6 is 0 Å². The molecule has 1 unspecified atom stereocenters. The number of nitrogens with one attached hydrogen (secondary N) is 1. The molecular weight excluding hydrogens is 178 g/mol. The largest absolute Gasteiger partial charge is 0.504 e. The Bertz CT molecular complexity index is 324. The van der Waals surface area contributed by atoms with Crippen molar-refractivity contribution < 1.29 is 9.52 Å². The van der Waals surface area contributed by atoms with Crippen molar-refractivity contribution in [3.63, 3.8) is 0 Å². The van der Waals surface area contributed by atoms with E-state index in [4.69, 9.17) is 4.42 Å². The molecule has 1 saturated heterocycles. The Balaban J connectivity index is 2.29. The van der Waals surface area contributed by atoms with Crippen molar-refractivity contribution in [1.82, 2.24) is 5.32 Å². The molecule has 0 aromatic carbocycles. The number of rotatable bonds is 1. The Labute approximate surface area is 84.1 Å². The van der Waals surface area contributed by atoms with Gasteiger partial charge in [-0.25, -0.2) is 0 Å². The minimum Gasteiger partial charge on any atom is -0.504 e. The molecular formula is C11H17NO2. The first-order valence-electron chi connectivity index (χ1n) is 5.19. The Kier molecular flexibility index (Phi) is 2.50. The fourth-order valence-electron chi connectivity index (χ4n) is 2.27. The average molecular weight is 195 g/mol. The second-order valence-electron chi connectivity index (χ2n) is 4.02. The summed E-state index contributed by atoms with van der Waals surface area (Å²) in [6, 6.07) is 0. The van der Waals surface area contributed by atoms with Gasteiger partial charge in [0.05, 0.1) is 0 Å². The summed E-state index contributed by atoms with van der Waals surface area (Å²) in [5.41, 5.74) is 1.01. The van der Waals surface area contributed by atoms with Crippen LogP contribution in [0.5, 0.6) is 5.75 Å². The summed E-state index contributed by atoms with van der Waals surface area (Å²) >= 11 is 0. The van der Waals surface area contributed by atoms with Crippen LogP contribution in [-0.2, 0) is 0 Å². The van der Waals surface area contributed by atoms with E-state index in [1.807, 2.05) is 13.8 Å². The van der Waals surface area contributed by atoms with Crippen molar-refractivity contribution in [3.05, 3.63) is 17.1 Å². The second kappa shape index (κ2) is 3.65. The predicted octanol–water partition coefficient (Wildman–Crippen LogP) is 2.07. The number of hydrogen-bond acceptors (Lipinski definition) is 3. The summed E-state index contributed by atoms with van der Waals surface area (Å²) in [4.78, 5) is 0. The molecule has 1 aliphatic heterocycles. The van der Waals surface area contributed by atoms with Crippen molar-refractivity contribution in [1.29, 1.82) is 0 Å². The highest BCUT2D eigenvalue weighted by Crippen LogP contribution is 2.37. The lowest BCUT2D eigenvalue weighted by atomic mass is 9.91. The summed E-state index contributed by atoms with van der Waals surface area (Å²) in [7, 11) is 0. The van der Waals surface area contributed by atoms with E-state index in [-0.39, 0.29) is 0 Å². The van der Waals surface area contributed by atoms with Gasteiger partial charge in [0.2, 0.25) is 0 Å². The van der Waals surface area contributed by atoms with Gasteiger partial charge in [-0.1, -0.05) is 0 Å². The van der Waals surface area contributed by atoms with Gasteiger partial charge < -0.3 is 14.8 Å². The maximum absolute atomic E-state index is 9.85. The number of piperidine rings is 1. The first-order valence-corrected chi connectivity index (χ1v) is 5.19. The predicted molar refractivity (Wildman–Crippen MR) is 54.7 cm³/mol. The third kappa shape index (κ3) is 1.52. The highest BCUT2D eigenvalue weighted by molar-refractivity contribution is 5.40. The highest BCUT2D eigenvalue weighted by Gasteiger charge is 2.24. The van der Waals surface area contributed by atoms with E-state index in [1.54, 1.807) is 0 Å². The number of aromatic hydroxyl groups is 1. The molecule has 0 amide bonds. The summed E-state index contributed by atoms with van der Waals surface area (Å²) in [6.45, 7) is 5.78. The lowest BCUT2D eigenvalue weighted by Crippen LogP contribution is -2.28. The van der Waals surface area contributed by atoms with Crippen LogP contribution in [0.25, 0.3) is 0 Å². The fourth-order valence-corrected chi connectivity index (χ4v) is 2.27. The van der Waals surface area contributed by atoms with Gasteiger partial charge in [-0.2, -0.15) is 0 Å². The van der Waals surface area contributed by atoms with Crippen LogP contribution in [0.1, 0.15) is 35.8 Å². The molecule has 2 N–H and O–H groups in total. The molecule has 0 saturated carbocycles. The van der Waals surface area contributed by atoms with Gasteiger partial charge in [0, 0.05) is 18.0 Å². The van der Waals surface area contributed by atoms with Gasteiger partial charge in [-0.15, -0.1) is 0 Å². The van der Waals surface area contributed by atoms with E-state index >= 15 is 0 Å². The van der Waals surface area contributed by atoms with Crippen LogP contribution in [0.2, 0.25) is 0 Å². The molecule has 1 aromatic heterocycles. The molecule has 14 heavy (non-hydrogen) atoms. The van der Waals surface area contributed by atoms with Gasteiger partial charge in [-0.3, -0.25) is 0 Å². The van der Waals surface area contributed by atoms with Gasteiger partial charge >= 0.3 is 0 Å². The van der Waals surface area contributed by atoms with Gasteiger partial charge in [0.1, 0.15) is 11.5 Å². The van der Waals surface area contributed by atoms with Crippen molar-refractivity contribution in [2.75, 3.05) is 13.1 Å². The Morgan fingerprint density at radius 3 is 2.64 bits per heavy atom. The van der Waals surface area contributed by atoms with Crippen molar-refractivity contribution in [2.24, 2.45) is 0 Å². The van der Waals surface area contributed by atoms with Crippen molar-refractivity contribution in [3.8, 4) is 5.75 Å². The summed E-state index contributed by atoms with van der Waals surface area (Å²) in [5.74, 6) is 2.29. The lowest BCUT2D eigenvalue weighted by Gasteiger charge is -2.22. The lowest BCUT2D eigenvalue weighted by molar-refractivity contribution is 0.423. The highest BCUT2D eigenvalue weighted by atomic mass is 16.4. The van der Waals surface area contributed by atoms with Crippen molar-refractivity contribution in [2.45, 2.75) is 32.6 Å². The third-order valence-corrected chi connectivity index (χ3v) is 2.98. The molecule has 0 spiro atoms. The molecule has 3 heteroatoms. The van der Waals surface area contributed by atoms with E-state index in [1.165, 1.54) is 6.42 Å². The van der Waals surface area contributed by atoms with E-state index in [2.05, 4.69) is 5.32 Å². The van der Waals surface area contributed by atoms with Crippen LogP contribution in [0, 0.1) is 13.8 Å². The third-order valence-electron chi connectivity index (χ3n) is 2.98. The first-order chi connectivity index (χ1) is 6.70. The Morgan fingerprint density at radius 2 is 2.14 bits per heavy atom. The minimum atomic E-state index is 0.358. The van der Waals surface area contributed by atoms with Crippen LogP contribution < -0.4 is 5.32 Å².